The molecule has 0 unspecified atom stereocenters. The van der Waals surface area contributed by atoms with Crippen molar-refractivity contribution in [2.75, 3.05) is 19.0 Å². The van der Waals surface area contributed by atoms with E-state index in [0.717, 1.165) is 35.8 Å². The number of nitrogens with one attached hydrogen (secondary N) is 1. The van der Waals surface area contributed by atoms with Gasteiger partial charge in [0.25, 0.3) is 0 Å². The first kappa shape index (κ1) is 14.2. The van der Waals surface area contributed by atoms with Crippen molar-refractivity contribution in [1.82, 2.24) is 4.98 Å². The summed E-state index contributed by atoms with van der Waals surface area (Å²) in [5.74, 6) is 2.53. The van der Waals surface area contributed by atoms with Gasteiger partial charge in [0.2, 0.25) is 0 Å². The van der Waals surface area contributed by atoms with Crippen LogP contribution in [0.1, 0.15) is 18.9 Å². The Morgan fingerprint density at radius 2 is 1.85 bits per heavy atom. The Bertz CT molecular complexity index is 526. The summed E-state index contributed by atoms with van der Waals surface area (Å²) < 4.78 is 10.9. The van der Waals surface area contributed by atoms with Crippen LogP contribution < -0.4 is 14.8 Å². The number of hydrogen-bond donors (Lipinski definition) is 1. The highest BCUT2D eigenvalue weighted by molar-refractivity contribution is 5.43. The zero-order valence-electron chi connectivity index (χ0n) is 11.9. The fraction of sp³-hybridized carbons (Fsp3) is 0.312. The molecular formula is C16H20N2O2. The SMILES string of the molecule is CCCNc1ncccc1COc1ccc(OC)cc1. The summed E-state index contributed by atoms with van der Waals surface area (Å²) in [5.41, 5.74) is 1.05. The van der Waals surface area contributed by atoms with Crippen molar-refractivity contribution in [3.05, 3.63) is 48.2 Å². The summed E-state index contributed by atoms with van der Waals surface area (Å²) in [7, 11) is 1.65. The molecule has 0 aliphatic heterocycles. The molecule has 1 N–H and O–H groups in total. The molecule has 106 valence electrons. The number of pyridine rings is 1. The zero-order chi connectivity index (χ0) is 14.2. The van der Waals surface area contributed by atoms with Gasteiger partial charge in [0.05, 0.1) is 7.11 Å². The summed E-state index contributed by atoms with van der Waals surface area (Å²) in [5, 5.41) is 3.31. The van der Waals surface area contributed by atoms with Crippen LogP contribution in [-0.4, -0.2) is 18.6 Å². The highest BCUT2D eigenvalue weighted by Crippen LogP contribution is 2.19. The topological polar surface area (TPSA) is 43.4 Å². The first-order valence-corrected chi connectivity index (χ1v) is 6.78. The Morgan fingerprint density at radius 3 is 2.55 bits per heavy atom. The van der Waals surface area contributed by atoms with Crippen molar-refractivity contribution in [3.63, 3.8) is 0 Å². The highest BCUT2D eigenvalue weighted by atomic mass is 16.5. The molecule has 0 spiro atoms. The van der Waals surface area contributed by atoms with Crippen LogP contribution in [0.4, 0.5) is 5.82 Å². The van der Waals surface area contributed by atoms with E-state index in [1.807, 2.05) is 36.4 Å². The van der Waals surface area contributed by atoms with Crippen LogP contribution in [0.3, 0.4) is 0 Å². The third-order valence-electron chi connectivity index (χ3n) is 2.89. The molecule has 4 heteroatoms. The van der Waals surface area contributed by atoms with Crippen LogP contribution in [0.15, 0.2) is 42.6 Å². The standard InChI is InChI=1S/C16H20N2O2/c1-3-10-17-16-13(5-4-11-18-16)12-20-15-8-6-14(19-2)7-9-15/h4-9,11H,3,10,12H2,1-2H3,(H,17,18). The molecule has 0 aliphatic rings. The second-order valence-electron chi connectivity index (χ2n) is 4.40. The fourth-order valence-electron chi connectivity index (χ4n) is 1.79. The summed E-state index contributed by atoms with van der Waals surface area (Å²) >= 11 is 0. The lowest BCUT2D eigenvalue weighted by atomic mass is 10.2. The van der Waals surface area contributed by atoms with E-state index in [2.05, 4.69) is 17.2 Å². The van der Waals surface area contributed by atoms with Crippen molar-refractivity contribution >= 4 is 5.82 Å². The third-order valence-corrected chi connectivity index (χ3v) is 2.89. The molecule has 0 radical (unpaired) electrons. The van der Waals surface area contributed by atoms with Gasteiger partial charge in [0, 0.05) is 18.3 Å². The van der Waals surface area contributed by atoms with Crippen molar-refractivity contribution < 1.29 is 9.47 Å². The van der Waals surface area contributed by atoms with E-state index in [4.69, 9.17) is 9.47 Å². The van der Waals surface area contributed by atoms with Gasteiger partial charge in [-0.2, -0.15) is 0 Å². The van der Waals surface area contributed by atoms with Crippen LogP contribution in [0, 0.1) is 0 Å². The van der Waals surface area contributed by atoms with Crippen LogP contribution >= 0.6 is 0 Å². The van der Waals surface area contributed by atoms with E-state index < -0.39 is 0 Å². The zero-order valence-corrected chi connectivity index (χ0v) is 11.9. The first-order valence-electron chi connectivity index (χ1n) is 6.78. The minimum Gasteiger partial charge on any atom is -0.497 e. The molecule has 0 amide bonds. The highest BCUT2D eigenvalue weighted by Gasteiger charge is 2.03. The lowest BCUT2D eigenvalue weighted by Crippen LogP contribution is -2.07. The number of benzene rings is 1. The minimum atomic E-state index is 0.492. The molecule has 2 rings (SSSR count). The molecule has 0 saturated heterocycles. The molecule has 4 nitrogen and oxygen atoms in total. The predicted octanol–water partition coefficient (Wildman–Crippen LogP) is 3.49. The average molecular weight is 272 g/mol. The summed E-state index contributed by atoms with van der Waals surface area (Å²) in [6.45, 7) is 3.53. The average Bonchev–Trinajstić information content (AvgIpc) is 2.52. The maximum Gasteiger partial charge on any atom is 0.132 e. The Hall–Kier alpha value is -2.23. The molecule has 1 aromatic heterocycles. The number of rotatable bonds is 7. The van der Waals surface area contributed by atoms with Crippen LogP contribution in [0.2, 0.25) is 0 Å². The Morgan fingerprint density at radius 1 is 1.10 bits per heavy atom. The number of ether oxygens (including phenoxy) is 2. The van der Waals surface area contributed by atoms with Gasteiger partial charge in [-0.3, -0.25) is 0 Å². The summed E-state index contributed by atoms with van der Waals surface area (Å²) in [6.07, 6.45) is 2.85. The van der Waals surface area contributed by atoms with E-state index in [-0.39, 0.29) is 0 Å². The summed E-state index contributed by atoms with van der Waals surface area (Å²) in [6, 6.07) is 11.5. The maximum atomic E-state index is 5.78. The van der Waals surface area contributed by atoms with Crippen molar-refractivity contribution in [2.24, 2.45) is 0 Å². The van der Waals surface area contributed by atoms with E-state index in [1.165, 1.54) is 0 Å². The van der Waals surface area contributed by atoms with Crippen LogP contribution in [-0.2, 0) is 6.61 Å². The van der Waals surface area contributed by atoms with Gasteiger partial charge in [-0.15, -0.1) is 0 Å². The molecule has 0 bridgehead atoms. The number of anilines is 1. The molecular weight excluding hydrogens is 252 g/mol. The van der Waals surface area contributed by atoms with Gasteiger partial charge in [-0.05, 0) is 36.8 Å². The minimum absolute atomic E-state index is 0.492. The Balaban J connectivity index is 1.98. The van der Waals surface area contributed by atoms with Crippen LogP contribution in [0.25, 0.3) is 0 Å². The van der Waals surface area contributed by atoms with Crippen molar-refractivity contribution in [3.8, 4) is 11.5 Å². The predicted molar refractivity (Wildman–Crippen MR) is 80.3 cm³/mol. The maximum absolute atomic E-state index is 5.78. The molecule has 20 heavy (non-hydrogen) atoms. The number of aromatic nitrogens is 1. The molecule has 1 aromatic carbocycles. The smallest absolute Gasteiger partial charge is 0.132 e. The van der Waals surface area contributed by atoms with Gasteiger partial charge in [-0.1, -0.05) is 13.0 Å². The molecule has 1 heterocycles. The van der Waals surface area contributed by atoms with Gasteiger partial charge in [0.1, 0.15) is 23.9 Å². The second kappa shape index (κ2) is 7.38. The quantitative estimate of drug-likeness (QED) is 0.838. The second-order valence-corrected chi connectivity index (χ2v) is 4.40. The van der Waals surface area contributed by atoms with E-state index in [1.54, 1.807) is 13.3 Å². The number of hydrogen-bond acceptors (Lipinski definition) is 4. The van der Waals surface area contributed by atoms with E-state index >= 15 is 0 Å². The first-order chi connectivity index (χ1) is 9.83. The van der Waals surface area contributed by atoms with Crippen molar-refractivity contribution in [2.45, 2.75) is 20.0 Å². The van der Waals surface area contributed by atoms with Crippen LogP contribution in [0.5, 0.6) is 11.5 Å². The van der Waals surface area contributed by atoms with Gasteiger partial charge in [0.15, 0.2) is 0 Å². The number of methoxy groups -OCH3 is 1. The molecule has 2 aromatic rings. The Labute approximate surface area is 119 Å². The monoisotopic (exact) mass is 272 g/mol. The van der Waals surface area contributed by atoms with Crippen molar-refractivity contribution in [1.29, 1.82) is 0 Å². The van der Waals surface area contributed by atoms with Gasteiger partial charge < -0.3 is 14.8 Å². The van der Waals surface area contributed by atoms with E-state index in [9.17, 15) is 0 Å². The number of nitrogens with zero attached hydrogens (tertiary/aromatic N) is 1. The third kappa shape index (κ3) is 3.88. The normalized spacial score (nSPS) is 10.1. The lowest BCUT2D eigenvalue weighted by molar-refractivity contribution is 0.305. The molecule has 0 aliphatic carbocycles. The summed E-state index contributed by atoms with van der Waals surface area (Å²) in [4.78, 5) is 4.34. The largest absolute Gasteiger partial charge is 0.497 e. The van der Waals surface area contributed by atoms with Gasteiger partial charge in [-0.25, -0.2) is 4.98 Å². The molecule has 0 atom stereocenters. The molecule has 0 saturated carbocycles. The van der Waals surface area contributed by atoms with Gasteiger partial charge >= 0.3 is 0 Å². The fourth-order valence-corrected chi connectivity index (χ4v) is 1.79. The Kier molecular flexibility index (Phi) is 5.24. The molecule has 0 fully saturated rings. The lowest BCUT2D eigenvalue weighted by Gasteiger charge is -2.11. The van der Waals surface area contributed by atoms with E-state index in [0.29, 0.717) is 6.61 Å².